The Morgan fingerprint density at radius 1 is 0.902 bits per heavy atom. The van der Waals surface area contributed by atoms with E-state index in [0.29, 0.717) is 17.6 Å². The normalized spacial score (nSPS) is 23.3. The number of phenols is 1. The summed E-state index contributed by atoms with van der Waals surface area (Å²) >= 11 is 0. The average Bonchev–Trinajstić information content (AvgIpc) is 3.28. The predicted molar refractivity (Wildman–Crippen MR) is 164 cm³/mol. The molecule has 1 N–H and O–H groups in total. The van der Waals surface area contributed by atoms with E-state index in [0.717, 1.165) is 62.8 Å². The van der Waals surface area contributed by atoms with Crippen LogP contribution in [0.3, 0.4) is 0 Å². The second kappa shape index (κ2) is 14.3. The van der Waals surface area contributed by atoms with Crippen LogP contribution in [-0.4, -0.2) is 68.0 Å². The van der Waals surface area contributed by atoms with Gasteiger partial charge < -0.3 is 19.3 Å². The molecule has 222 valence electrons. The maximum Gasteiger partial charge on any atom is 0.158 e. The second-order valence-electron chi connectivity index (χ2n) is 11.8. The summed E-state index contributed by atoms with van der Waals surface area (Å²) < 4.78 is 17.7. The number of likely N-dealkylation sites (N-methyl/N-ethyl adjacent to an activating group) is 1. The maximum absolute atomic E-state index is 9.97. The summed E-state index contributed by atoms with van der Waals surface area (Å²) in [5.74, 6) is 3.71. The van der Waals surface area contributed by atoms with Crippen molar-refractivity contribution in [3.8, 4) is 11.5 Å². The van der Waals surface area contributed by atoms with E-state index in [9.17, 15) is 5.11 Å². The SMILES string of the molecule is CCN(Cc1ccc(OCCN2CCCCCC2)cc1)C1C=C(OC)C(OC)=CC1[C@@H]1CCc2cc(O)ccc2C1. The van der Waals surface area contributed by atoms with Gasteiger partial charge in [0, 0.05) is 25.0 Å². The Morgan fingerprint density at radius 2 is 1.63 bits per heavy atom. The highest BCUT2D eigenvalue weighted by Gasteiger charge is 2.37. The molecule has 41 heavy (non-hydrogen) atoms. The van der Waals surface area contributed by atoms with Gasteiger partial charge in [-0.3, -0.25) is 9.80 Å². The summed E-state index contributed by atoms with van der Waals surface area (Å²) in [5, 5.41) is 9.97. The molecule has 3 atom stereocenters. The standard InChI is InChI=1S/C35H48N2O4/c1-4-37(25-26-9-15-31(16-10-26)41-20-19-36-17-7-5-6-8-18-36)33-24-35(40-3)34(39-2)23-32(33)29-12-11-28-22-30(38)14-13-27(28)21-29/h9-10,13-16,22-24,29,32-33,38H,4-8,11-12,17-21,25H2,1-3H3/t29-,32?,33?/m1/s1. The summed E-state index contributed by atoms with van der Waals surface area (Å²) in [7, 11) is 3.45. The fourth-order valence-corrected chi connectivity index (χ4v) is 6.91. The zero-order chi connectivity index (χ0) is 28.6. The Bertz CT molecular complexity index is 1180. The van der Waals surface area contributed by atoms with Crippen molar-refractivity contribution in [2.75, 3.05) is 47.0 Å². The molecule has 1 heterocycles. The summed E-state index contributed by atoms with van der Waals surface area (Å²) in [4.78, 5) is 5.09. The van der Waals surface area contributed by atoms with Crippen molar-refractivity contribution < 1.29 is 19.3 Å². The van der Waals surface area contributed by atoms with Crippen molar-refractivity contribution in [2.24, 2.45) is 11.8 Å². The number of hydrogen-bond acceptors (Lipinski definition) is 6. The fourth-order valence-electron chi connectivity index (χ4n) is 6.91. The van der Waals surface area contributed by atoms with Crippen LogP contribution in [0, 0.1) is 11.8 Å². The van der Waals surface area contributed by atoms with Gasteiger partial charge in [0.15, 0.2) is 11.5 Å². The van der Waals surface area contributed by atoms with E-state index in [4.69, 9.17) is 14.2 Å². The van der Waals surface area contributed by atoms with Crippen molar-refractivity contribution >= 4 is 0 Å². The predicted octanol–water partition coefficient (Wildman–Crippen LogP) is 6.33. The van der Waals surface area contributed by atoms with Gasteiger partial charge in [-0.05, 0) is 111 Å². The van der Waals surface area contributed by atoms with Crippen LogP contribution in [0.5, 0.6) is 11.5 Å². The van der Waals surface area contributed by atoms with Crippen molar-refractivity contribution in [1.29, 1.82) is 0 Å². The van der Waals surface area contributed by atoms with E-state index in [1.807, 2.05) is 12.1 Å². The number of nitrogens with zero attached hydrogens (tertiary/aromatic N) is 2. The van der Waals surface area contributed by atoms with Gasteiger partial charge in [0.05, 0.1) is 14.2 Å². The van der Waals surface area contributed by atoms with Crippen LogP contribution >= 0.6 is 0 Å². The summed E-state index contributed by atoms with van der Waals surface area (Å²) in [6.45, 7) is 8.18. The number of methoxy groups -OCH3 is 2. The van der Waals surface area contributed by atoms with Gasteiger partial charge in [-0.25, -0.2) is 0 Å². The van der Waals surface area contributed by atoms with E-state index < -0.39 is 0 Å². The van der Waals surface area contributed by atoms with Crippen molar-refractivity contribution in [2.45, 2.75) is 64.5 Å². The molecule has 2 aromatic rings. The minimum atomic E-state index is 0.196. The highest BCUT2D eigenvalue weighted by Crippen LogP contribution is 2.39. The molecule has 0 amide bonds. The molecule has 0 radical (unpaired) electrons. The van der Waals surface area contributed by atoms with E-state index in [1.54, 1.807) is 14.2 Å². The third kappa shape index (κ3) is 7.47. The minimum absolute atomic E-state index is 0.196. The van der Waals surface area contributed by atoms with Gasteiger partial charge in [0.25, 0.3) is 0 Å². The Morgan fingerprint density at radius 3 is 2.34 bits per heavy atom. The van der Waals surface area contributed by atoms with Crippen LogP contribution in [0.15, 0.2) is 66.1 Å². The van der Waals surface area contributed by atoms with Crippen molar-refractivity contribution in [3.05, 3.63) is 82.8 Å². The third-order valence-corrected chi connectivity index (χ3v) is 9.26. The van der Waals surface area contributed by atoms with Crippen LogP contribution < -0.4 is 4.74 Å². The fraction of sp³-hybridized carbons (Fsp3) is 0.543. The molecule has 0 saturated carbocycles. The monoisotopic (exact) mass is 560 g/mol. The minimum Gasteiger partial charge on any atom is -0.508 e. The number of benzene rings is 2. The molecule has 6 heteroatoms. The molecule has 1 aliphatic heterocycles. The number of rotatable bonds is 11. The molecule has 5 rings (SSSR count). The van der Waals surface area contributed by atoms with Gasteiger partial charge in [-0.1, -0.05) is 38.0 Å². The molecule has 1 fully saturated rings. The topological polar surface area (TPSA) is 54.4 Å². The van der Waals surface area contributed by atoms with Gasteiger partial charge in [0.1, 0.15) is 18.1 Å². The first-order chi connectivity index (χ1) is 20.1. The molecular formula is C35H48N2O4. The first-order valence-electron chi connectivity index (χ1n) is 15.6. The molecular weight excluding hydrogens is 512 g/mol. The Balaban J connectivity index is 1.26. The zero-order valence-electron chi connectivity index (χ0n) is 25.2. The lowest BCUT2D eigenvalue weighted by Gasteiger charge is -2.41. The second-order valence-corrected chi connectivity index (χ2v) is 11.8. The molecule has 2 unspecified atom stereocenters. The summed E-state index contributed by atoms with van der Waals surface area (Å²) in [6.07, 6.45) is 13.0. The molecule has 1 saturated heterocycles. The molecule has 3 aliphatic rings. The van der Waals surface area contributed by atoms with Crippen LogP contribution in [0.2, 0.25) is 0 Å². The van der Waals surface area contributed by atoms with Crippen LogP contribution in [0.1, 0.15) is 55.7 Å². The van der Waals surface area contributed by atoms with Crippen molar-refractivity contribution in [3.63, 3.8) is 0 Å². The highest BCUT2D eigenvalue weighted by atomic mass is 16.5. The lowest BCUT2D eigenvalue weighted by molar-refractivity contribution is 0.132. The van der Waals surface area contributed by atoms with Gasteiger partial charge in [-0.2, -0.15) is 0 Å². The van der Waals surface area contributed by atoms with Gasteiger partial charge >= 0.3 is 0 Å². The summed E-state index contributed by atoms with van der Waals surface area (Å²) in [6, 6.07) is 14.7. The third-order valence-electron chi connectivity index (χ3n) is 9.26. The van der Waals surface area contributed by atoms with Crippen LogP contribution in [0.25, 0.3) is 0 Å². The van der Waals surface area contributed by atoms with Crippen LogP contribution in [0.4, 0.5) is 0 Å². The maximum atomic E-state index is 9.97. The zero-order valence-corrected chi connectivity index (χ0v) is 25.2. The van der Waals surface area contributed by atoms with Gasteiger partial charge in [-0.15, -0.1) is 0 Å². The molecule has 0 bridgehead atoms. The molecule has 0 spiro atoms. The number of hydrogen-bond donors (Lipinski definition) is 1. The van der Waals surface area contributed by atoms with Crippen molar-refractivity contribution in [1.82, 2.24) is 9.80 Å². The number of aromatic hydroxyl groups is 1. The molecule has 6 nitrogen and oxygen atoms in total. The molecule has 0 aromatic heterocycles. The van der Waals surface area contributed by atoms with E-state index >= 15 is 0 Å². The first kappa shape index (κ1) is 29.5. The summed E-state index contributed by atoms with van der Waals surface area (Å²) in [5.41, 5.74) is 3.91. The smallest absolute Gasteiger partial charge is 0.158 e. The van der Waals surface area contributed by atoms with Crippen LogP contribution in [-0.2, 0) is 28.9 Å². The lowest BCUT2D eigenvalue weighted by atomic mass is 9.72. The number of aryl methyl sites for hydroxylation is 1. The van der Waals surface area contributed by atoms with E-state index in [-0.39, 0.29) is 6.04 Å². The average molecular weight is 561 g/mol. The largest absolute Gasteiger partial charge is 0.508 e. The highest BCUT2D eigenvalue weighted by molar-refractivity contribution is 5.38. The Kier molecular flexibility index (Phi) is 10.3. The van der Waals surface area contributed by atoms with E-state index in [1.165, 1.54) is 55.5 Å². The number of likely N-dealkylation sites (tertiary alicyclic amines) is 1. The lowest BCUT2D eigenvalue weighted by Crippen LogP contribution is -2.44. The first-order valence-corrected chi connectivity index (χ1v) is 15.6. The molecule has 2 aliphatic carbocycles. The number of fused-ring (bicyclic) bond motifs is 1. The quantitative estimate of drug-likeness (QED) is 0.347. The number of ether oxygens (including phenoxy) is 3. The Hall–Kier alpha value is -2.96. The molecule has 2 aromatic carbocycles. The van der Waals surface area contributed by atoms with Gasteiger partial charge in [0.2, 0.25) is 0 Å². The number of phenolic OH excluding ortho intramolecular Hbond substituents is 1. The van der Waals surface area contributed by atoms with E-state index in [2.05, 4.69) is 59.2 Å². The Labute approximate surface area is 246 Å².